The molecule has 0 spiro atoms. The van der Waals surface area contributed by atoms with Crippen LogP contribution in [0.3, 0.4) is 0 Å². The summed E-state index contributed by atoms with van der Waals surface area (Å²) in [5, 5.41) is 4.44. The molecule has 2 saturated heterocycles. The average molecular weight is 554 g/mol. The van der Waals surface area contributed by atoms with E-state index < -0.39 is 53.4 Å². The lowest BCUT2D eigenvalue weighted by Gasteiger charge is -2.39. The maximum Gasteiger partial charge on any atom is 0.335 e. The summed E-state index contributed by atoms with van der Waals surface area (Å²) >= 11 is 0. The fourth-order valence-electron chi connectivity index (χ4n) is 5.63. The van der Waals surface area contributed by atoms with Crippen LogP contribution in [0.15, 0.2) is 60.9 Å². The molecule has 2 aliphatic rings. The normalized spacial score (nSPS) is 19.5. The highest BCUT2D eigenvalue weighted by atomic mass is 16.2. The van der Waals surface area contributed by atoms with Crippen molar-refractivity contribution in [1.82, 2.24) is 15.6 Å². The number of aromatic nitrogens is 1. The number of anilines is 2. The van der Waals surface area contributed by atoms with Gasteiger partial charge in [-0.05, 0) is 91.9 Å². The molecule has 11 heteroatoms. The largest absolute Gasteiger partial charge is 0.335 e. The maximum absolute atomic E-state index is 14.1. The first-order valence-corrected chi connectivity index (χ1v) is 12.9. The van der Waals surface area contributed by atoms with Crippen molar-refractivity contribution in [2.24, 2.45) is 11.8 Å². The highest BCUT2D eigenvalue weighted by molar-refractivity contribution is 6.31. The van der Waals surface area contributed by atoms with Crippen LogP contribution in [0.1, 0.15) is 33.7 Å². The predicted molar refractivity (Wildman–Crippen MR) is 148 cm³/mol. The monoisotopic (exact) mass is 553 g/mol. The molecule has 2 aliphatic heterocycles. The average Bonchev–Trinajstić information content (AvgIpc) is 2.86. The topological polar surface area (TPSA) is 146 Å². The number of urea groups is 2. The van der Waals surface area contributed by atoms with Gasteiger partial charge in [0.1, 0.15) is 11.8 Å². The van der Waals surface area contributed by atoms with E-state index in [2.05, 4.69) is 15.6 Å². The van der Waals surface area contributed by atoms with Crippen LogP contribution >= 0.6 is 0 Å². The molecule has 2 N–H and O–H groups in total. The van der Waals surface area contributed by atoms with Gasteiger partial charge in [-0.3, -0.25) is 34.8 Å². The summed E-state index contributed by atoms with van der Waals surface area (Å²) in [6.45, 7) is 7.20. The molecule has 8 amide bonds. The SMILES string of the molecule is Cc1cc(C)cc(N2C(=O)NC(=O)[C@@H](C(c3ccncc3)[C@@H]3C(=O)NC(=O)N(c4cc(C)cc(C)c4)C3=O)C2=O)c1. The number of imide groups is 4. The Bertz CT molecular complexity index is 1490. The first-order chi connectivity index (χ1) is 19.5. The quantitative estimate of drug-likeness (QED) is 0.462. The van der Waals surface area contributed by atoms with Crippen LogP contribution in [0.25, 0.3) is 0 Å². The highest BCUT2D eigenvalue weighted by Gasteiger charge is 2.55. The van der Waals surface area contributed by atoms with E-state index in [1.165, 1.54) is 24.5 Å². The number of aryl methyl sites for hydroxylation is 4. The second-order valence-corrected chi connectivity index (χ2v) is 10.4. The van der Waals surface area contributed by atoms with Crippen molar-refractivity contribution < 1.29 is 28.8 Å². The number of barbiturate groups is 2. The van der Waals surface area contributed by atoms with Gasteiger partial charge in [0.05, 0.1) is 11.4 Å². The van der Waals surface area contributed by atoms with E-state index >= 15 is 0 Å². The van der Waals surface area contributed by atoms with Crippen molar-refractivity contribution in [3.05, 3.63) is 88.7 Å². The van der Waals surface area contributed by atoms with E-state index in [1.54, 1.807) is 52.0 Å². The zero-order valence-electron chi connectivity index (χ0n) is 22.8. The van der Waals surface area contributed by atoms with Gasteiger partial charge in [0.25, 0.3) is 0 Å². The number of carbonyl (C=O) groups is 6. The van der Waals surface area contributed by atoms with E-state index in [9.17, 15) is 28.8 Å². The Morgan fingerprint density at radius 3 is 1.34 bits per heavy atom. The van der Waals surface area contributed by atoms with Crippen LogP contribution in [0.2, 0.25) is 0 Å². The molecule has 208 valence electrons. The van der Waals surface area contributed by atoms with Gasteiger partial charge in [0, 0.05) is 18.3 Å². The number of hydrogen-bond acceptors (Lipinski definition) is 7. The molecule has 1 aromatic heterocycles. The van der Waals surface area contributed by atoms with Gasteiger partial charge in [-0.15, -0.1) is 0 Å². The number of rotatable bonds is 5. The second-order valence-electron chi connectivity index (χ2n) is 10.4. The fourth-order valence-corrected chi connectivity index (χ4v) is 5.63. The number of amides is 8. The van der Waals surface area contributed by atoms with Crippen molar-refractivity contribution >= 4 is 47.1 Å². The maximum atomic E-state index is 14.1. The summed E-state index contributed by atoms with van der Waals surface area (Å²) in [5.41, 5.74) is 3.89. The summed E-state index contributed by atoms with van der Waals surface area (Å²) in [6.07, 6.45) is 2.80. The molecule has 2 aromatic carbocycles. The van der Waals surface area contributed by atoms with Gasteiger partial charge in [-0.2, -0.15) is 0 Å². The third-order valence-corrected chi connectivity index (χ3v) is 7.14. The molecular weight excluding hydrogens is 526 g/mol. The minimum atomic E-state index is -1.66. The number of pyridine rings is 1. The summed E-state index contributed by atoms with van der Waals surface area (Å²) < 4.78 is 0. The Labute approximate surface area is 235 Å². The Morgan fingerprint density at radius 2 is 0.976 bits per heavy atom. The molecule has 5 rings (SSSR count). The van der Waals surface area contributed by atoms with Crippen molar-refractivity contribution in [2.45, 2.75) is 33.6 Å². The first kappa shape index (κ1) is 27.4. The molecule has 0 radical (unpaired) electrons. The molecule has 0 unspecified atom stereocenters. The molecule has 0 aliphatic carbocycles. The van der Waals surface area contributed by atoms with Crippen LogP contribution in [0, 0.1) is 39.5 Å². The molecule has 2 atom stereocenters. The molecule has 3 heterocycles. The van der Waals surface area contributed by atoms with Crippen LogP contribution in [-0.2, 0) is 19.2 Å². The van der Waals surface area contributed by atoms with Gasteiger partial charge in [0.15, 0.2) is 0 Å². The first-order valence-electron chi connectivity index (χ1n) is 12.9. The number of nitrogens with one attached hydrogen (secondary N) is 2. The predicted octanol–water partition coefficient (Wildman–Crippen LogP) is 3.20. The zero-order valence-corrected chi connectivity index (χ0v) is 22.8. The fraction of sp³-hybridized carbons (Fsp3) is 0.233. The molecule has 11 nitrogen and oxygen atoms in total. The number of benzene rings is 2. The molecule has 2 fully saturated rings. The summed E-state index contributed by atoms with van der Waals surface area (Å²) in [6, 6.07) is 11.3. The van der Waals surface area contributed by atoms with Crippen molar-refractivity contribution in [1.29, 1.82) is 0 Å². The standard InChI is InChI=1S/C30H27N5O6/c1-15-9-16(2)12-20(11-15)34-27(38)23(25(36)32-29(34)40)22(19-5-7-31-8-6-19)24-26(37)33-30(41)35(28(24)39)21-13-17(3)10-18(4)14-21/h5-14,22-24H,1-4H3,(H,32,36,40)(H,33,37,41)/t23-,24-/m1/s1. The Morgan fingerprint density at radius 1 is 0.610 bits per heavy atom. The van der Waals surface area contributed by atoms with E-state index in [1.807, 2.05) is 12.1 Å². The van der Waals surface area contributed by atoms with Gasteiger partial charge in [-0.25, -0.2) is 19.4 Å². The van der Waals surface area contributed by atoms with E-state index in [4.69, 9.17) is 0 Å². The van der Waals surface area contributed by atoms with Crippen LogP contribution < -0.4 is 20.4 Å². The molecule has 3 aromatic rings. The second kappa shape index (κ2) is 10.4. The molecule has 0 saturated carbocycles. The van der Waals surface area contributed by atoms with Crippen molar-refractivity contribution in [2.75, 3.05) is 9.80 Å². The zero-order chi connectivity index (χ0) is 29.6. The van der Waals surface area contributed by atoms with Crippen molar-refractivity contribution in [3.8, 4) is 0 Å². The minimum absolute atomic E-state index is 0.238. The summed E-state index contributed by atoms with van der Waals surface area (Å²) in [4.78, 5) is 86.5. The molecule has 41 heavy (non-hydrogen) atoms. The van der Waals surface area contributed by atoms with Gasteiger partial charge in [-0.1, -0.05) is 12.1 Å². The Hall–Kier alpha value is -5.19. The third kappa shape index (κ3) is 4.97. The van der Waals surface area contributed by atoms with Gasteiger partial charge in [0.2, 0.25) is 23.6 Å². The smallest absolute Gasteiger partial charge is 0.277 e. The molecular formula is C30H27N5O6. The Kier molecular flexibility index (Phi) is 6.96. The third-order valence-electron chi connectivity index (χ3n) is 7.14. The number of nitrogens with zero attached hydrogens (tertiary/aromatic N) is 3. The lowest BCUT2D eigenvalue weighted by molar-refractivity contribution is -0.140. The number of carbonyl (C=O) groups excluding carboxylic acids is 6. The van der Waals surface area contributed by atoms with E-state index in [0.29, 0.717) is 0 Å². The van der Waals surface area contributed by atoms with Gasteiger partial charge < -0.3 is 0 Å². The summed E-state index contributed by atoms with van der Waals surface area (Å²) in [5.74, 6) is -8.42. The van der Waals surface area contributed by atoms with Crippen molar-refractivity contribution in [3.63, 3.8) is 0 Å². The van der Waals surface area contributed by atoms with E-state index in [-0.39, 0.29) is 16.9 Å². The lowest BCUT2D eigenvalue weighted by atomic mass is 9.73. The Balaban J connectivity index is 1.64. The lowest BCUT2D eigenvalue weighted by Crippen LogP contribution is -2.64. The molecule has 0 bridgehead atoms. The van der Waals surface area contributed by atoms with Crippen LogP contribution in [0.4, 0.5) is 21.0 Å². The van der Waals surface area contributed by atoms with Crippen LogP contribution in [0.5, 0.6) is 0 Å². The van der Waals surface area contributed by atoms with E-state index in [0.717, 1.165) is 32.1 Å². The van der Waals surface area contributed by atoms with Crippen LogP contribution in [-0.4, -0.2) is 40.7 Å². The summed E-state index contributed by atoms with van der Waals surface area (Å²) in [7, 11) is 0. The number of hydrogen-bond donors (Lipinski definition) is 2. The highest BCUT2D eigenvalue weighted by Crippen LogP contribution is 2.40. The van der Waals surface area contributed by atoms with Gasteiger partial charge >= 0.3 is 12.1 Å². The minimum Gasteiger partial charge on any atom is -0.277 e.